The molecule has 3 aromatic carbocycles. The minimum absolute atomic E-state index is 0.0111. The summed E-state index contributed by atoms with van der Waals surface area (Å²) in [6, 6.07) is 21.6. The van der Waals surface area contributed by atoms with Crippen LogP contribution < -0.4 is 19.9 Å². The molecule has 1 atom stereocenters. The molecule has 0 saturated carbocycles. The normalized spacial score (nSPS) is 14.5. The molecule has 1 aliphatic heterocycles. The fourth-order valence-corrected chi connectivity index (χ4v) is 3.68. The van der Waals surface area contributed by atoms with Gasteiger partial charge in [0.05, 0.1) is 24.7 Å². The molecular formula is C25H19N3O4. The molecule has 0 amide bonds. The zero-order valence-corrected chi connectivity index (χ0v) is 17.2. The first kappa shape index (κ1) is 20.6. The molecule has 0 aliphatic carbocycles. The van der Waals surface area contributed by atoms with E-state index in [0.29, 0.717) is 28.4 Å². The van der Waals surface area contributed by atoms with Gasteiger partial charge in [0.2, 0.25) is 5.88 Å². The molecule has 158 valence electrons. The average molecular weight is 425 g/mol. The Kier molecular flexibility index (Phi) is 5.57. The maximum atomic E-state index is 9.80. The number of methoxy groups -OCH3 is 1. The maximum absolute atomic E-state index is 9.80. The second-order valence-corrected chi connectivity index (χ2v) is 7.11. The van der Waals surface area contributed by atoms with Crippen molar-refractivity contribution >= 4 is 0 Å². The number of nitrogens with two attached hydrogens (primary N) is 1. The molecular weight excluding hydrogens is 406 g/mol. The van der Waals surface area contributed by atoms with Crippen LogP contribution >= 0.6 is 0 Å². The van der Waals surface area contributed by atoms with Gasteiger partial charge in [-0.1, -0.05) is 30.3 Å². The number of aromatic hydroxyl groups is 1. The molecule has 0 bridgehead atoms. The van der Waals surface area contributed by atoms with Crippen LogP contribution in [0.1, 0.15) is 28.2 Å². The highest BCUT2D eigenvalue weighted by Gasteiger charge is 2.31. The van der Waals surface area contributed by atoms with Gasteiger partial charge in [-0.25, -0.2) is 0 Å². The number of ether oxygens (including phenoxy) is 3. The molecule has 3 N–H and O–H groups in total. The molecule has 1 heterocycles. The largest absolute Gasteiger partial charge is 0.508 e. The number of nitrogens with zero attached hydrogens (tertiary/aromatic N) is 2. The Morgan fingerprint density at radius 3 is 2.59 bits per heavy atom. The second kappa shape index (κ2) is 8.63. The van der Waals surface area contributed by atoms with Gasteiger partial charge in [0, 0.05) is 17.2 Å². The number of hydrogen-bond acceptors (Lipinski definition) is 7. The summed E-state index contributed by atoms with van der Waals surface area (Å²) in [5, 5.41) is 28.8. The summed E-state index contributed by atoms with van der Waals surface area (Å²) in [6.45, 7) is 0.203. The Bertz CT molecular complexity index is 1300. The number of allylic oxidation sites excluding steroid dienone is 1. The van der Waals surface area contributed by atoms with Gasteiger partial charge in [0.1, 0.15) is 29.7 Å². The smallest absolute Gasteiger partial charge is 0.205 e. The third-order valence-corrected chi connectivity index (χ3v) is 5.24. The highest BCUT2D eigenvalue weighted by atomic mass is 16.5. The van der Waals surface area contributed by atoms with Crippen LogP contribution in [0.5, 0.6) is 23.0 Å². The van der Waals surface area contributed by atoms with Gasteiger partial charge >= 0.3 is 0 Å². The van der Waals surface area contributed by atoms with E-state index in [-0.39, 0.29) is 23.8 Å². The number of phenols is 1. The third-order valence-electron chi connectivity index (χ3n) is 5.24. The van der Waals surface area contributed by atoms with Gasteiger partial charge in [0.25, 0.3) is 0 Å². The lowest BCUT2D eigenvalue weighted by Gasteiger charge is -2.27. The van der Waals surface area contributed by atoms with Crippen molar-refractivity contribution in [1.82, 2.24) is 0 Å². The highest BCUT2D eigenvalue weighted by molar-refractivity contribution is 5.59. The minimum atomic E-state index is -0.494. The van der Waals surface area contributed by atoms with Gasteiger partial charge in [-0.15, -0.1) is 0 Å². The monoisotopic (exact) mass is 425 g/mol. The van der Waals surface area contributed by atoms with Crippen molar-refractivity contribution in [2.24, 2.45) is 5.73 Å². The summed E-state index contributed by atoms with van der Waals surface area (Å²) in [5.41, 5.74) is 9.02. The van der Waals surface area contributed by atoms with E-state index in [1.165, 1.54) is 19.2 Å². The average Bonchev–Trinajstić information content (AvgIpc) is 2.81. The molecule has 0 aromatic heterocycles. The number of hydrogen-bond donors (Lipinski definition) is 2. The summed E-state index contributed by atoms with van der Waals surface area (Å²) in [5.74, 6) is 0.889. The first-order valence-corrected chi connectivity index (χ1v) is 9.75. The van der Waals surface area contributed by atoms with Gasteiger partial charge in [-0.2, -0.15) is 10.5 Å². The predicted octanol–water partition coefficient (Wildman–Crippen LogP) is 4.07. The summed E-state index contributed by atoms with van der Waals surface area (Å²) in [6.07, 6.45) is 0. The van der Waals surface area contributed by atoms with E-state index in [9.17, 15) is 15.6 Å². The Morgan fingerprint density at radius 1 is 1.03 bits per heavy atom. The van der Waals surface area contributed by atoms with Crippen LogP contribution in [-0.2, 0) is 6.61 Å². The minimum Gasteiger partial charge on any atom is -0.508 e. The predicted molar refractivity (Wildman–Crippen MR) is 116 cm³/mol. The van der Waals surface area contributed by atoms with Crippen molar-refractivity contribution in [2.75, 3.05) is 7.11 Å². The van der Waals surface area contributed by atoms with Crippen LogP contribution in [0.3, 0.4) is 0 Å². The molecule has 0 unspecified atom stereocenters. The molecule has 0 spiro atoms. The fourth-order valence-electron chi connectivity index (χ4n) is 3.68. The van der Waals surface area contributed by atoms with Crippen molar-refractivity contribution < 1.29 is 19.3 Å². The lowest BCUT2D eigenvalue weighted by atomic mass is 9.83. The molecule has 4 rings (SSSR count). The quantitative estimate of drug-likeness (QED) is 0.632. The van der Waals surface area contributed by atoms with Gasteiger partial charge in [0.15, 0.2) is 11.5 Å². The van der Waals surface area contributed by atoms with Crippen LogP contribution in [0.2, 0.25) is 0 Å². The molecule has 0 radical (unpaired) electrons. The Balaban J connectivity index is 1.70. The zero-order valence-electron chi connectivity index (χ0n) is 17.2. The lowest BCUT2D eigenvalue weighted by Crippen LogP contribution is -2.21. The third kappa shape index (κ3) is 3.76. The van der Waals surface area contributed by atoms with E-state index < -0.39 is 5.92 Å². The van der Waals surface area contributed by atoms with E-state index in [2.05, 4.69) is 12.1 Å². The Labute approximate surface area is 185 Å². The summed E-state index contributed by atoms with van der Waals surface area (Å²) >= 11 is 0. The Morgan fingerprint density at radius 2 is 1.84 bits per heavy atom. The van der Waals surface area contributed by atoms with Gasteiger partial charge < -0.3 is 25.1 Å². The van der Waals surface area contributed by atoms with E-state index in [0.717, 1.165) is 11.1 Å². The molecule has 7 nitrogen and oxygen atoms in total. The maximum Gasteiger partial charge on any atom is 0.205 e. The van der Waals surface area contributed by atoms with Crippen LogP contribution in [0.25, 0.3) is 0 Å². The van der Waals surface area contributed by atoms with E-state index in [4.69, 9.17) is 19.9 Å². The molecule has 1 aliphatic rings. The second-order valence-electron chi connectivity index (χ2n) is 7.11. The fraction of sp³-hybridized carbons (Fsp3) is 0.120. The van der Waals surface area contributed by atoms with Crippen LogP contribution in [0.15, 0.2) is 72.1 Å². The number of fused-ring (bicyclic) bond motifs is 1. The molecule has 7 heteroatoms. The SMILES string of the molecule is COc1cc([C@@H]2C(C#N)=C(N)Oc3cc(O)ccc32)ccc1OCc1ccccc1C#N. The van der Waals surface area contributed by atoms with Crippen molar-refractivity contribution in [2.45, 2.75) is 12.5 Å². The summed E-state index contributed by atoms with van der Waals surface area (Å²) < 4.78 is 17.0. The number of nitriles is 2. The highest BCUT2D eigenvalue weighted by Crippen LogP contribution is 2.45. The first-order chi connectivity index (χ1) is 15.5. The first-order valence-electron chi connectivity index (χ1n) is 9.75. The molecule has 32 heavy (non-hydrogen) atoms. The standard InChI is InChI=1S/C25H19N3O4/c1-30-23-10-15(6-9-21(23)31-14-17-5-3-2-4-16(17)12-26)24-19-8-7-18(29)11-22(19)32-25(28)20(24)13-27/h2-11,24,29H,14,28H2,1H3/t24-/m0/s1. The molecule has 0 fully saturated rings. The lowest BCUT2D eigenvalue weighted by molar-refractivity contribution is 0.284. The van der Waals surface area contributed by atoms with Gasteiger partial charge in [-0.05, 0) is 29.8 Å². The Hall–Kier alpha value is -4.62. The van der Waals surface area contributed by atoms with Crippen molar-refractivity contribution in [3.05, 3.63) is 94.4 Å². The zero-order chi connectivity index (χ0) is 22.7. The topological polar surface area (TPSA) is 122 Å². The van der Waals surface area contributed by atoms with E-state index in [1.54, 1.807) is 30.3 Å². The van der Waals surface area contributed by atoms with Gasteiger partial charge in [-0.3, -0.25) is 0 Å². The van der Waals surface area contributed by atoms with Crippen molar-refractivity contribution in [1.29, 1.82) is 10.5 Å². The van der Waals surface area contributed by atoms with Crippen LogP contribution in [0, 0.1) is 22.7 Å². The van der Waals surface area contributed by atoms with Crippen LogP contribution in [-0.4, -0.2) is 12.2 Å². The summed E-state index contributed by atoms with van der Waals surface area (Å²) in [7, 11) is 1.53. The van der Waals surface area contributed by atoms with Crippen molar-refractivity contribution in [3.8, 4) is 35.1 Å². The summed E-state index contributed by atoms with van der Waals surface area (Å²) in [4.78, 5) is 0. The number of benzene rings is 3. The molecule has 3 aromatic rings. The van der Waals surface area contributed by atoms with Crippen molar-refractivity contribution in [3.63, 3.8) is 0 Å². The van der Waals surface area contributed by atoms with Crippen LogP contribution in [0.4, 0.5) is 0 Å². The molecule has 0 saturated heterocycles. The van der Waals surface area contributed by atoms with E-state index in [1.807, 2.05) is 18.2 Å². The number of phenolic OH excluding ortho intramolecular Hbond substituents is 1. The number of rotatable bonds is 5. The van der Waals surface area contributed by atoms with E-state index >= 15 is 0 Å².